The number of imidazole rings is 1. The lowest BCUT2D eigenvalue weighted by molar-refractivity contribution is 0.204. The Hall–Kier alpha value is -3.41. The molecule has 4 N–H and O–H groups in total. The molecule has 4 rings (SSSR count). The van der Waals surface area contributed by atoms with Crippen LogP contribution < -0.4 is 10.5 Å². The molecule has 31 heavy (non-hydrogen) atoms. The van der Waals surface area contributed by atoms with E-state index in [1.165, 1.54) is 16.7 Å². The van der Waals surface area contributed by atoms with Crippen molar-refractivity contribution in [3.8, 4) is 28.1 Å². The molecule has 0 aliphatic carbocycles. The van der Waals surface area contributed by atoms with E-state index in [0.717, 1.165) is 23.4 Å². The number of hydrogen-bond donors (Lipinski definition) is 3. The van der Waals surface area contributed by atoms with Gasteiger partial charge in [0.15, 0.2) is 0 Å². The Morgan fingerprint density at radius 1 is 0.903 bits per heavy atom. The highest BCUT2D eigenvalue weighted by atomic mass is 16.5. The molecular weight excluding hydrogens is 386 g/mol. The van der Waals surface area contributed by atoms with Gasteiger partial charge in [0.2, 0.25) is 0 Å². The van der Waals surface area contributed by atoms with Crippen LogP contribution in [0, 0.1) is 0 Å². The minimum atomic E-state index is -0.888. The van der Waals surface area contributed by atoms with Crippen LogP contribution in [0.15, 0.2) is 85.1 Å². The molecule has 0 aliphatic rings. The van der Waals surface area contributed by atoms with Crippen molar-refractivity contribution in [2.75, 3.05) is 13.2 Å². The predicted octanol–water partition coefficient (Wildman–Crippen LogP) is 4.53. The number of aromatic nitrogens is 2. The van der Waals surface area contributed by atoms with E-state index in [1.807, 2.05) is 30.3 Å². The molecule has 0 radical (unpaired) electrons. The maximum Gasteiger partial charge on any atom is 0.128 e. The molecule has 0 unspecified atom stereocenters. The monoisotopic (exact) mass is 413 g/mol. The van der Waals surface area contributed by atoms with Crippen molar-refractivity contribution < 1.29 is 9.84 Å². The zero-order valence-corrected chi connectivity index (χ0v) is 17.6. The van der Waals surface area contributed by atoms with Gasteiger partial charge in [-0.25, -0.2) is 4.98 Å². The van der Waals surface area contributed by atoms with Crippen molar-refractivity contribution in [1.82, 2.24) is 9.97 Å². The summed E-state index contributed by atoms with van der Waals surface area (Å²) in [6.45, 7) is 2.17. The minimum Gasteiger partial charge on any atom is -0.493 e. The van der Waals surface area contributed by atoms with E-state index in [0.29, 0.717) is 12.4 Å². The lowest BCUT2D eigenvalue weighted by atomic mass is 10.0. The van der Waals surface area contributed by atoms with E-state index >= 15 is 0 Å². The first-order valence-corrected chi connectivity index (χ1v) is 10.4. The largest absolute Gasteiger partial charge is 0.493 e. The first-order chi connectivity index (χ1) is 15.0. The van der Waals surface area contributed by atoms with E-state index in [9.17, 15) is 5.11 Å². The lowest BCUT2D eigenvalue weighted by Crippen LogP contribution is -2.38. The smallest absolute Gasteiger partial charge is 0.128 e. The number of aromatic amines is 1. The molecular formula is C26H27N3O2. The molecule has 0 bridgehead atoms. The molecule has 0 amide bonds. The Bertz CT molecular complexity index is 1100. The average Bonchev–Trinajstić information content (AvgIpc) is 3.32. The molecule has 0 fully saturated rings. The summed E-state index contributed by atoms with van der Waals surface area (Å²) in [5, 5.41) is 9.39. The van der Waals surface area contributed by atoms with Crippen LogP contribution >= 0.6 is 0 Å². The van der Waals surface area contributed by atoms with Crippen LogP contribution in [0.4, 0.5) is 0 Å². The maximum atomic E-state index is 9.39. The Morgan fingerprint density at radius 3 is 2.23 bits per heavy atom. The van der Waals surface area contributed by atoms with Gasteiger partial charge in [0, 0.05) is 6.42 Å². The fourth-order valence-electron chi connectivity index (χ4n) is 3.34. The number of nitrogens with one attached hydrogen (secondary N) is 1. The number of nitrogens with two attached hydrogens (primary N) is 1. The van der Waals surface area contributed by atoms with Crippen molar-refractivity contribution in [3.05, 3.63) is 96.4 Å². The van der Waals surface area contributed by atoms with E-state index in [-0.39, 0.29) is 6.61 Å². The van der Waals surface area contributed by atoms with Crippen molar-refractivity contribution in [2.45, 2.75) is 18.9 Å². The molecule has 0 spiro atoms. The summed E-state index contributed by atoms with van der Waals surface area (Å²) in [7, 11) is 0. The number of nitrogens with zero attached hydrogens (tertiary/aromatic N) is 1. The molecule has 0 saturated heterocycles. The summed E-state index contributed by atoms with van der Waals surface area (Å²) < 4.78 is 5.91. The summed E-state index contributed by atoms with van der Waals surface area (Å²) in [5.41, 5.74) is 10.7. The molecule has 4 aromatic rings. The third-order valence-corrected chi connectivity index (χ3v) is 5.33. The van der Waals surface area contributed by atoms with Gasteiger partial charge in [-0.05, 0) is 53.4 Å². The fourth-order valence-corrected chi connectivity index (χ4v) is 3.34. The van der Waals surface area contributed by atoms with Crippen LogP contribution in [0.25, 0.3) is 22.4 Å². The van der Waals surface area contributed by atoms with Gasteiger partial charge in [0.05, 0.1) is 30.6 Å². The van der Waals surface area contributed by atoms with E-state index in [4.69, 9.17) is 10.5 Å². The molecule has 0 saturated carbocycles. The van der Waals surface area contributed by atoms with E-state index < -0.39 is 5.54 Å². The number of aliphatic hydroxyl groups excluding tert-OH is 1. The molecule has 1 heterocycles. The number of aliphatic hydroxyl groups is 1. The standard InChI is InChI=1S/C26H27N3O2/c1-26(27,18-30)25-28-17-24(29-25)22-11-13-23(14-12-22)31-16-15-19-7-9-21(10-8-19)20-5-3-2-4-6-20/h2-14,17,30H,15-16,18,27H2,1H3,(H,28,29)/t26-/m0/s1. The van der Waals surface area contributed by atoms with Crippen LogP contribution in [0.3, 0.4) is 0 Å². The van der Waals surface area contributed by atoms with Gasteiger partial charge in [0.1, 0.15) is 11.6 Å². The summed E-state index contributed by atoms with van der Waals surface area (Å²) >= 11 is 0. The molecule has 5 nitrogen and oxygen atoms in total. The van der Waals surface area contributed by atoms with Gasteiger partial charge in [-0.1, -0.05) is 54.6 Å². The SMILES string of the molecule is C[C@](N)(CO)c1ncc(-c2ccc(OCCc3ccc(-c4ccccc4)cc3)cc2)[nH]1. The number of hydrogen-bond acceptors (Lipinski definition) is 4. The quantitative estimate of drug-likeness (QED) is 0.396. The summed E-state index contributed by atoms with van der Waals surface area (Å²) in [4.78, 5) is 7.48. The van der Waals surface area contributed by atoms with Crippen molar-refractivity contribution >= 4 is 0 Å². The Balaban J connectivity index is 1.32. The molecule has 5 heteroatoms. The summed E-state index contributed by atoms with van der Waals surface area (Å²) in [5.74, 6) is 1.38. The molecule has 158 valence electrons. The zero-order chi connectivity index (χ0) is 21.7. The highest BCUT2D eigenvalue weighted by Crippen LogP contribution is 2.24. The summed E-state index contributed by atoms with van der Waals surface area (Å²) in [6, 6.07) is 26.8. The van der Waals surface area contributed by atoms with Gasteiger partial charge >= 0.3 is 0 Å². The molecule has 0 aliphatic heterocycles. The van der Waals surface area contributed by atoms with Gasteiger partial charge in [-0.3, -0.25) is 0 Å². The van der Waals surface area contributed by atoms with Gasteiger partial charge in [-0.15, -0.1) is 0 Å². The van der Waals surface area contributed by atoms with Crippen LogP contribution in [-0.2, 0) is 12.0 Å². The zero-order valence-electron chi connectivity index (χ0n) is 17.6. The van der Waals surface area contributed by atoms with E-state index in [2.05, 4.69) is 58.5 Å². The second-order valence-electron chi connectivity index (χ2n) is 7.91. The molecule has 3 aromatic carbocycles. The third-order valence-electron chi connectivity index (χ3n) is 5.33. The first-order valence-electron chi connectivity index (χ1n) is 10.4. The van der Waals surface area contributed by atoms with Gasteiger partial charge in [-0.2, -0.15) is 0 Å². The van der Waals surface area contributed by atoms with Crippen LogP contribution in [0.1, 0.15) is 18.3 Å². The first kappa shape index (κ1) is 20.8. The molecule has 1 atom stereocenters. The van der Waals surface area contributed by atoms with Crippen LogP contribution in [0.5, 0.6) is 5.75 Å². The fraction of sp³-hybridized carbons (Fsp3) is 0.192. The van der Waals surface area contributed by atoms with Crippen LogP contribution in [-0.4, -0.2) is 28.3 Å². The number of H-pyrrole nitrogens is 1. The van der Waals surface area contributed by atoms with Gasteiger partial charge < -0.3 is 20.6 Å². The number of rotatable bonds is 8. The Kier molecular flexibility index (Phi) is 6.16. The maximum absolute atomic E-state index is 9.39. The second kappa shape index (κ2) is 9.16. The number of ether oxygens (including phenoxy) is 1. The average molecular weight is 414 g/mol. The Labute approximate surface area is 182 Å². The Morgan fingerprint density at radius 2 is 1.55 bits per heavy atom. The predicted molar refractivity (Wildman–Crippen MR) is 124 cm³/mol. The highest BCUT2D eigenvalue weighted by molar-refractivity contribution is 5.63. The van der Waals surface area contributed by atoms with Crippen molar-refractivity contribution in [2.24, 2.45) is 5.73 Å². The van der Waals surface area contributed by atoms with E-state index in [1.54, 1.807) is 13.1 Å². The second-order valence-corrected chi connectivity index (χ2v) is 7.91. The topological polar surface area (TPSA) is 84.2 Å². The summed E-state index contributed by atoms with van der Waals surface area (Å²) in [6.07, 6.45) is 2.57. The van der Waals surface area contributed by atoms with Crippen molar-refractivity contribution in [1.29, 1.82) is 0 Å². The van der Waals surface area contributed by atoms with Crippen LogP contribution in [0.2, 0.25) is 0 Å². The molecule has 1 aromatic heterocycles. The highest BCUT2D eigenvalue weighted by Gasteiger charge is 2.23. The minimum absolute atomic E-state index is 0.179. The normalized spacial score (nSPS) is 13.0. The third kappa shape index (κ3) is 5.02. The number of benzene rings is 3. The lowest BCUT2D eigenvalue weighted by Gasteiger charge is -2.18. The van der Waals surface area contributed by atoms with Crippen molar-refractivity contribution in [3.63, 3.8) is 0 Å². The van der Waals surface area contributed by atoms with Gasteiger partial charge in [0.25, 0.3) is 0 Å².